The van der Waals surface area contributed by atoms with Crippen molar-refractivity contribution in [2.24, 2.45) is 0 Å². The van der Waals surface area contributed by atoms with Gasteiger partial charge in [0.15, 0.2) is 0 Å². The molecule has 0 heterocycles. The number of rotatable bonds is 3. The molecular formula is C15H12ClF4N. The standard InChI is InChI=1S/C15H12ClF4N/c1-9-2-4-12(17)6-10(9)8-21-14-5-3-11(7-13(14)16)15(18,19)20/h2-7,21H,8H2,1H3. The van der Waals surface area contributed by atoms with Crippen molar-refractivity contribution in [2.75, 3.05) is 5.32 Å². The molecule has 21 heavy (non-hydrogen) atoms. The third-order valence-electron chi connectivity index (χ3n) is 3.08. The molecule has 0 radical (unpaired) electrons. The van der Waals surface area contributed by atoms with Crippen molar-refractivity contribution in [3.05, 3.63) is 63.9 Å². The van der Waals surface area contributed by atoms with Crippen molar-refractivity contribution < 1.29 is 17.6 Å². The van der Waals surface area contributed by atoms with Crippen LogP contribution in [0.1, 0.15) is 16.7 Å². The van der Waals surface area contributed by atoms with Gasteiger partial charge < -0.3 is 5.32 Å². The lowest BCUT2D eigenvalue weighted by atomic mass is 10.1. The van der Waals surface area contributed by atoms with Crippen LogP contribution >= 0.6 is 11.6 Å². The first-order chi connectivity index (χ1) is 9.77. The Kier molecular flexibility index (Phi) is 4.42. The number of aryl methyl sites for hydroxylation is 1. The van der Waals surface area contributed by atoms with Gasteiger partial charge in [-0.25, -0.2) is 4.39 Å². The van der Waals surface area contributed by atoms with E-state index in [1.165, 1.54) is 18.2 Å². The number of hydrogen-bond donors (Lipinski definition) is 1. The fraction of sp³-hybridized carbons (Fsp3) is 0.200. The Labute approximate surface area is 124 Å². The van der Waals surface area contributed by atoms with Gasteiger partial charge in [0.25, 0.3) is 0 Å². The van der Waals surface area contributed by atoms with Gasteiger partial charge in [-0.1, -0.05) is 17.7 Å². The van der Waals surface area contributed by atoms with Crippen molar-refractivity contribution in [3.63, 3.8) is 0 Å². The number of hydrogen-bond acceptors (Lipinski definition) is 1. The van der Waals surface area contributed by atoms with E-state index in [0.717, 1.165) is 17.7 Å². The molecule has 1 N–H and O–H groups in total. The van der Waals surface area contributed by atoms with E-state index in [1.54, 1.807) is 6.07 Å². The van der Waals surface area contributed by atoms with Crippen molar-refractivity contribution >= 4 is 17.3 Å². The molecule has 0 bridgehead atoms. The van der Waals surface area contributed by atoms with Gasteiger partial charge >= 0.3 is 6.18 Å². The van der Waals surface area contributed by atoms with Crippen LogP contribution in [0, 0.1) is 12.7 Å². The average Bonchev–Trinajstić information content (AvgIpc) is 2.40. The van der Waals surface area contributed by atoms with E-state index in [4.69, 9.17) is 11.6 Å². The van der Waals surface area contributed by atoms with Crippen LogP contribution in [-0.2, 0) is 12.7 Å². The fourth-order valence-corrected chi connectivity index (χ4v) is 2.10. The molecule has 0 saturated heterocycles. The maximum atomic E-state index is 13.2. The highest BCUT2D eigenvalue weighted by Gasteiger charge is 2.30. The summed E-state index contributed by atoms with van der Waals surface area (Å²) in [6.07, 6.45) is -4.43. The van der Waals surface area contributed by atoms with Crippen molar-refractivity contribution in [2.45, 2.75) is 19.6 Å². The van der Waals surface area contributed by atoms with E-state index in [9.17, 15) is 17.6 Å². The lowest BCUT2D eigenvalue weighted by Crippen LogP contribution is -2.06. The summed E-state index contributed by atoms with van der Waals surface area (Å²) in [6.45, 7) is 2.10. The SMILES string of the molecule is Cc1ccc(F)cc1CNc1ccc(C(F)(F)F)cc1Cl. The molecule has 0 amide bonds. The molecule has 0 aliphatic carbocycles. The Hall–Kier alpha value is -1.75. The number of benzene rings is 2. The third-order valence-corrected chi connectivity index (χ3v) is 3.39. The van der Waals surface area contributed by atoms with Gasteiger partial charge in [-0.15, -0.1) is 0 Å². The molecule has 0 spiro atoms. The van der Waals surface area contributed by atoms with Crippen LogP contribution in [0.3, 0.4) is 0 Å². The summed E-state index contributed by atoms with van der Waals surface area (Å²) in [7, 11) is 0. The zero-order valence-corrected chi connectivity index (χ0v) is 11.8. The van der Waals surface area contributed by atoms with Gasteiger partial charge in [0.2, 0.25) is 0 Å². The highest BCUT2D eigenvalue weighted by molar-refractivity contribution is 6.33. The van der Waals surface area contributed by atoms with Crippen LogP contribution in [-0.4, -0.2) is 0 Å². The summed E-state index contributed by atoms with van der Waals surface area (Å²) in [6, 6.07) is 7.44. The zero-order valence-electron chi connectivity index (χ0n) is 11.1. The highest BCUT2D eigenvalue weighted by atomic mass is 35.5. The van der Waals surface area contributed by atoms with E-state index in [0.29, 0.717) is 11.3 Å². The van der Waals surface area contributed by atoms with Crippen molar-refractivity contribution in [3.8, 4) is 0 Å². The summed E-state index contributed by atoms with van der Waals surface area (Å²) in [5.41, 5.74) is 1.16. The molecule has 6 heteroatoms. The lowest BCUT2D eigenvalue weighted by molar-refractivity contribution is -0.137. The minimum Gasteiger partial charge on any atom is -0.380 e. The van der Waals surface area contributed by atoms with Crippen LogP contribution in [0.5, 0.6) is 0 Å². The number of halogens is 5. The molecule has 0 aromatic heterocycles. The first kappa shape index (κ1) is 15.6. The molecule has 0 saturated carbocycles. The second-order valence-corrected chi connectivity index (χ2v) is 5.02. The summed E-state index contributed by atoms with van der Waals surface area (Å²) < 4.78 is 50.7. The summed E-state index contributed by atoms with van der Waals surface area (Å²) in [5, 5.41) is 2.88. The van der Waals surface area contributed by atoms with Crippen LogP contribution in [0.15, 0.2) is 36.4 Å². The molecular weight excluding hydrogens is 306 g/mol. The molecule has 0 aliphatic heterocycles. The predicted molar refractivity (Wildman–Crippen MR) is 74.9 cm³/mol. The van der Waals surface area contributed by atoms with Gasteiger partial charge in [0, 0.05) is 6.54 Å². The number of anilines is 1. The molecule has 1 nitrogen and oxygen atoms in total. The molecule has 2 aromatic rings. The van der Waals surface area contributed by atoms with Crippen LogP contribution in [0.25, 0.3) is 0 Å². The number of alkyl halides is 3. The van der Waals surface area contributed by atoms with Gasteiger partial charge in [-0.3, -0.25) is 0 Å². The summed E-state index contributed by atoms with van der Waals surface area (Å²) >= 11 is 5.84. The molecule has 0 atom stereocenters. The minimum absolute atomic E-state index is 0.0288. The second kappa shape index (κ2) is 5.93. The van der Waals surface area contributed by atoms with Crippen LogP contribution in [0.4, 0.5) is 23.2 Å². The van der Waals surface area contributed by atoms with Gasteiger partial charge in [0.05, 0.1) is 16.3 Å². The van der Waals surface area contributed by atoms with Crippen LogP contribution < -0.4 is 5.32 Å². The molecule has 0 fully saturated rings. The van der Waals surface area contributed by atoms with E-state index in [1.807, 2.05) is 6.92 Å². The normalized spacial score (nSPS) is 11.5. The maximum absolute atomic E-state index is 13.2. The summed E-state index contributed by atoms with van der Waals surface area (Å²) in [4.78, 5) is 0. The molecule has 0 unspecified atom stereocenters. The smallest absolute Gasteiger partial charge is 0.380 e. The van der Waals surface area contributed by atoms with E-state index in [-0.39, 0.29) is 17.4 Å². The average molecular weight is 318 g/mol. The molecule has 2 aromatic carbocycles. The van der Waals surface area contributed by atoms with Gasteiger partial charge in [-0.05, 0) is 48.4 Å². The summed E-state index contributed by atoms with van der Waals surface area (Å²) in [5.74, 6) is -0.365. The molecule has 2 rings (SSSR count). The highest BCUT2D eigenvalue weighted by Crippen LogP contribution is 2.33. The number of nitrogens with one attached hydrogen (secondary N) is 1. The fourth-order valence-electron chi connectivity index (χ4n) is 1.86. The Morgan fingerprint density at radius 2 is 1.81 bits per heavy atom. The second-order valence-electron chi connectivity index (χ2n) is 4.62. The predicted octanol–water partition coefficient (Wildman–Crippen LogP) is 5.42. The lowest BCUT2D eigenvalue weighted by Gasteiger charge is -2.13. The minimum atomic E-state index is -4.43. The topological polar surface area (TPSA) is 12.0 Å². The van der Waals surface area contributed by atoms with Gasteiger partial charge in [-0.2, -0.15) is 13.2 Å². The van der Waals surface area contributed by atoms with E-state index >= 15 is 0 Å². The van der Waals surface area contributed by atoms with Gasteiger partial charge in [0.1, 0.15) is 5.82 Å². The largest absolute Gasteiger partial charge is 0.416 e. The van der Waals surface area contributed by atoms with Crippen LogP contribution in [0.2, 0.25) is 5.02 Å². The molecule has 112 valence electrons. The third kappa shape index (κ3) is 3.88. The quantitative estimate of drug-likeness (QED) is 0.745. The zero-order chi connectivity index (χ0) is 15.6. The Bertz CT molecular complexity index is 653. The first-order valence-electron chi connectivity index (χ1n) is 6.13. The Balaban J connectivity index is 2.15. The first-order valence-corrected chi connectivity index (χ1v) is 6.51. The Morgan fingerprint density at radius 1 is 1.10 bits per heavy atom. The van der Waals surface area contributed by atoms with E-state index in [2.05, 4.69) is 5.32 Å². The Morgan fingerprint density at radius 3 is 2.43 bits per heavy atom. The van der Waals surface area contributed by atoms with Crippen molar-refractivity contribution in [1.82, 2.24) is 0 Å². The molecule has 0 aliphatic rings. The maximum Gasteiger partial charge on any atom is 0.416 e. The monoisotopic (exact) mass is 317 g/mol. The van der Waals surface area contributed by atoms with E-state index < -0.39 is 11.7 Å². The van der Waals surface area contributed by atoms with Crippen molar-refractivity contribution in [1.29, 1.82) is 0 Å².